The first-order valence-electron chi connectivity index (χ1n) is 9.50. The first-order valence-corrected chi connectivity index (χ1v) is 10.3. The van der Waals surface area contributed by atoms with Crippen LogP contribution in [0.5, 0.6) is 5.75 Å². The predicted molar refractivity (Wildman–Crippen MR) is 123 cm³/mol. The van der Waals surface area contributed by atoms with Gasteiger partial charge in [0.25, 0.3) is 11.8 Å². The monoisotopic (exact) mass is 466 g/mol. The van der Waals surface area contributed by atoms with E-state index in [0.717, 1.165) is 21.2 Å². The molecule has 0 aliphatic carbocycles. The largest absolute Gasteiger partial charge is 0.484 e. The summed E-state index contributed by atoms with van der Waals surface area (Å²) in [7, 11) is 0. The number of amides is 2. The molecule has 0 fully saturated rings. The van der Waals surface area contributed by atoms with Crippen LogP contribution in [0.1, 0.15) is 27.0 Å². The number of carbonyl (C=O) groups excluding carboxylic acids is 2. The zero-order valence-corrected chi connectivity index (χ0v) is 18.7. The second-order valence-corrected chi connectivity index (χ2v) is 7.90. The van der Waals surface area contributed by atoms with E-state index in [1.807, 2.05) is 51.1 Å². The van der Waals surface area contributed by atoms with Crippen LogP contribution in [0, 0.1) is 20.8 Å². The smallest absolute Gasteiger partial charge is 0.262 e. The zero-order chi connectivity index (χ0) is 21.7. The zero-order valence-electron chi connectivity index (χ0n) is 17.1. The van der Waals surface area contributed by atoms with Gasteiger partial charge < -0.3 is 15.4 Å². The molecule has 3 aromatic rings. The molecule has 30 heavy (non-hydrogen) atoms. The lowest BCUT2D eigenvalue weighted by Gasteiger charge is -2.13. The van der Waals surface area contributed by atoms with Crippen molar-refractivity contribution in [1.29, 1.82) is 0 Å². The summed E-state index contributed by atoms with van der Waals surface area (Å²) in [6.07, 6.45) is 0. The third-order valence-electron chi connectivity index (χ3n) is 4.71. The van der Waals surface area contributed by atoms with Crippen LogP contribution in [0.3, 0.4) is 0 Å². The predicted octanol–water partition coefficient (Wildman–Crippen LogP) is 5.64. The molecule has 0 radical (unpaired) electrons. The van der Waals surface area contributed by atoms with E-state index in [1.165, 1.54) is 0 Å². The highest BCUT2D eigenvalue weighted by Gasteiger charge is 2.14. The minimum Gasteiger partial charge on any atom is -0.484 e. The van der Waals surface area contributed by atoms with Gasteiger partial charge in [-0.3, -0.25) is 9.59 Å². The maximum atomic E-state index is 12.8. The maximum absolute atomic E-state index is 12.8. The topological polar surface area (TPSA) is 67.4 Å². The quantitative estimate of drug-likeness (QED) is 0.493. The molecule has 6 heteroatoms. The van der Waals surface area contributed by atoms with Gasteiger partial charge in [-0.25, -0.2) is 0 Å². The average molecular weight is 467 g/mol. The minimum absolute atomic E-state index is 0.159. The highest BCUT2D eigenvalue weighted by atomic mass is 79.9. The van der Waals surface area contributed by atoms with Gasteiger partial charge in [0.15, 0.2) is 6.61 Å². The van der Waals surface area contributed by atoms with Crippen LogP contribution < -0.4 is 15.4 Å². The number of carbonyl (C=O) groups is 2. The number of aryl methyl sites for hydroxylation is 3. The second-order valence-electron chi connectivity index (χ2n) is 7.05. The number of rotatable bonds is 6. The van der Waals surface area contributed by atoms with Crippen molar-refractivity contribution in [2.24, 2.45) is 0 Å². The fraction of sp³-hybridized carbons (Fsp3) is 0.167. The van der Waals surface area contributed by atoms with Gasteiger partial charge in [-0.05, 0) is 79.9 Å². The van der Waals surface area contributed by atoms with Gasteiger partial charge in [0.05, 0.1) is 11.3 Å². The van der Waals surface area contributed by atoms with Gasteiger partial charge in [0.1, 0.15) is 5.75 Å². The van der Waals surface area contributed by atoms with Crippen LogP contribution >= 0.6 is 15.9 Å². The lowest BCUT2D eigenvalue weighted by molar-refractivity contribution is -0.118. The third-order valence-corrected chi connectivity index (χ3v) is 5.60. The molecular formula is C24H23BrN2O3. The first-order chi connectivity index (χ1) is 14.3. The molecule has 3 rings (SSSR count). The van der Waals surface area contributed by atoms with Crippen molar-refractivity contribution in [3.8, 4) is 5.75 Å². The Hall–Kier alpha value is -3.12. The average Bonchev–Trinajstić information content (AvgIpc) is 2.72. The number of nitrogens with one attached hydrogen (secondary N) is 2. The number of para-hydroxylation sites is 1. The van der Waals surface area contributed by atoms with Gasteiger partial charge in [-0.15, -0.1) is 0 Å². The summed E-state index contributed by atoms with van der Waals surface area (Å²) in [6, 6.07) is 18.1. The van der Waals surface area contributed by atoms with Gasteiger partial charge in [0.2, 0.25) is 0 Å². The normalized spacial score (nSPS) is 10.4. The van der Waals surface area contributed by atoms with Gasteiger partial charge in [-0.2, -0.15) is 0 Å². The molecular weight excluding hydrogens is 444 g/mol. The van der Waals surface area contributed by atoms with E-state index in [9.17, 15) is 9.59 Å². The van der Waals surface area contributed by atoms with Crippen molar-refractivity contribution in [2.45, 2.75) is 20.8 Å². The van der Waals surface area contributed by atoms with Crippen molar-refractivity contribution in [2.75, 3.05) is 17.2 Å². The van der Waals surface area contributed by atoms with E-state index in [2.05, 4.69) is 26.6 Å². The Bertz CT molecular complexity index is 1100. The van der Waals surface area contributed by atoms with Crippen molar-refractivity contribution in [3.63, 3.8) is 0 Å². The number of ether oxygens (including phenoxy) is 1. The van der Waals surface area contributed by atoms with Crippen LogP contribution in [0.25, 0.3) is 0 Å². The number of anilines is 2. The molecule has 0 atom stereocenters. The van der Waals surface area contributed by atoms with Gasteiger partial charge in [0, 0.05) is 10.2 Å². The molecule has 0 saturated heterocycles. The van der Waals surface area contributed by atoms with E-state index in [0.29, 0.717) is 22.7 Å². The number of hydrogen-bond acceptors (Lipinski definition) is 3. The Morgan fingerprint density at radius 3 is 2.37 bits per heavy atom. The summed E-state index contributed by atoms with van der Waals surface area (Å²) in [4.78, 5) is 25.1. The van der Waals surface area contributed by atoms with Crippen LogP contribution in [-0.4, -0.2) is 18.4 Å². The molecule has 0 saturated carbocycles. The van der Waals surface area contributed by atoms with Crippen LogP contribution in [0.15, 0.2) is 65.1 Å². The minimum atomic E-state index is -0.345. The lowest BCUT2D eigenvalue weighted by atomic mass is 10.1. The first kappa shape index (κ1) is 21.6. The van der Waals surface area contributed by atoms with Crippen molar-refractivity contribution >= 4 is 39.1 Å². The van der Waals surface area contributed by atoms with Crippen LogP contribution in [0.2, 0.25) is 0 Å². The molecule has 2 N–H and O–H groups in total. The van der Waals surface area contributed by atoms with Gasteiger partial charge in [-0.1, -0.05) is 34.1 Å². The molecule has 5 nitrogen and oxygen atoms in total. The molecule has 2 amide bonds. The molecule has 0 aliphatic heterocycles. The highest BCUT2D eigenvalue weighted by molar-refractivity contribution is 9.10. The van der Waals surface area contributed by atoms with E-state index in [4.69, 9.17) is 4.74 Å². The fourth-order valence-electron chi connectivity index (χ4n) is 2.85. The highest BCUT2D eigenvalue weighted by Crippen LogP contribution is 2.22. The third kappa shape index (κ3) is 5.48. The van der Waals surface area contributed by atoms with Gasteiger partial charge >= 0.3 is 0 Å². The molecule has 0 heterocycles. The maximum Gasteiger partial charge on any atom is 0.262 e. The summed E-state index contributed by atoms with van der Waals surface area (Å²) < 4.78 is 6.54. The lowest BCUT2D eigenvalue weighted by Crippen LogP contribution is -2.22. The fourth-order valence-corrected chi connectivity index (χ4v) is 3.10. The van der Waals surface area contributed by atoms with Crippen LogP contribution in [0.4, 0.5) is 11.4 Å². The Labute approximate surface area is 184 Å². The molecule has 154 valence electrons. The summed E-state index contributed by atoms with van der Waals surface area (Å²) >= 11 is 3.43. The number of benzene rings is 3. The standard InChI is InChI=1S/C24H23BrN2O3/c1-15-8-9-18(12-16(15)2)26-24(29)20-6-4-5-7-22(20)27-23(28)14-30-19-10-11-21(25)17(3)13-19/h4-13H,14H2,1-3H3,(H,26,29)(H,27,28). The number of halogens is 1. The van der Waals surface area contributed by atoms with E-state index < -0.39 is 0 Å². The Balaban J connectivity index is 1.66. The van der Waals surface area contributed by atoms with Crippen LogP contribution in [-0.2, 0) is 4.79 Å². The Morgan fingerprint density at radius 1 is 0.867 bits per heavy atom. The molecule has 0 aliphatic rings. The molecule has 0 bridgehead atoms. The molecule has 3 aromatic carbocycles. The Kier molecular flexibility index (Phi) is 6.90. The molecule has 0 aromatic heterocycles. The Morgan fingerprint density at radius 2 is 1.63 bits per heavy atom. The van der Waals surface area contributed by atoms with Crippen molar-refractivity contribution < 1.29 is 14.3 Å². The van der Waals surface area contributed by atoms with Crippen molar-refractivity contribution in [1.82, 2.24) is 0 Å². The van der Waals surface area contributed by atoms with E-state index in [-0.39, 0.29) is 18.4 Å². The summed E-state index contributed by atoms with van der Waals surface area (Å²) in [5.74, 6) is -0.0350. The summed E-state index contributed by atoms with van der Waals surface area (Å²) in [5, 5.41) is 5.64. The molecule has 0 spiro atoms. The second kappa shape index (κ2) is 9.59. The van der Waals surface area contributed by atoms with E-state index in [1.54, 1.807) is 30.3 Å². The van der Waals surface area contributed by atoms with E-state index >= 15 is 0 Å². The summed E-state index contributed by atoms with van der Waals surface area (Å²) in [5.41, 5.74) is 4.78. The summed E-state index contributed by atoms with van der Waals surface area (Å²) in [6.45, 7) is 5.80. The SMILES string of the molecule is Cc1ccc(NC(=O)c2ccccc2NC(=O)COc2ccc(Br)c(C)c2)cc1C. The molecule has 0 unspecified atom stereocenters. The number of hydrogen-bond donors (Lipinski definition) is 2. The van der Waals surface area contributed by atoms with Crippen molar-refractivity contribution in [3.05, 3.63) is 87.4 Å².